The molecule has 0 bridgehead atoms. The molecular weight excluding hydrogens is 338 g/mol. The molecule has 1 aromatic heterocycles. The van der Waals surface area contributed by atoms with E-state index in [4.69, 9.17) is 4.74 Å². The lowest BCUT2D eigenvalue weighted by molar-refractivity contribution is -0.385. The zero-order valence-electron chi connectivity index (χ0n) is 14.5. The zero-order valence-corrected chi connectivity index (χ0v) is 14.5. The molecule has 9 nitrogen and oxygen atoms in total. The minimum absolute atomic E-state index is 0.0847. The maximum absolute atomic E-state index is 12.7. The number of carbonyl (C=O) groups excluding carboxylic acids is 1. The van der Waals surface area contributed by atoms with Crippen LogP contribution in [-0.4, -0.2) is 32.3 Å². The van der Waals surface area contributed by atoms with Gasteiger partial charge in [0.2, 0.25) is 5.95 Å². The zero-order chi connectivity index (χ0) is 18.7. The molecule has 0 radical (unpaired) electrons. The average molecular weight is 357 g/mol. The smallest absolute Gasteiger partial charge is 0.338 e. The summed E-state index contributed by atoms with van der Waals surface area (Å²) in [6, 6.07) is 5.55. The van der Waals surface area contributed by atoms with Gasteiger partial charge in [0.15, 0.2) is 0 Å². The second-order valence-corrected chi connectivity index (χ2v) is 5.73. The number of nitro benzene ring substituents is 1. The van der Waals surface area contributed by atoms with Gasteiger partial charge in [0.1, 0.15) is 12.4 Å². The SMILES string of the molecule is CCCC1=C(C(=O)OCC)[C@H](c2ccccc2[N+](=O)[O-])n2ncnc2N1. The average Bonchev–Trinajstić information content (AvgIpc) is 3.09. The van der Waals surface area contributed by atoms with Crippen molar-refractivity contribution in [3.05, 3.63) is 57.5 Å². The number of fused-ring (bicyclic) bond motifs is 1. The second kappa shape index (κ2) is 7.34. The van der Waals surface area contributed by atoms with E-state index in [9.17, 15) is 14.9 Å². The summed E-state index contributed by atoms with van der Waals surface area (Å²) >= 11 is 0. The summed E-state index contributed by atoms with van der Waals surface area (Å²) in [4.78, 5) is 28.0. The van der Waals surface area contributed by atoms with E-state index in [-0.39, 0.29) is 12.3 Å². The van der Waals surface area contributed by atoms with Crippen molar-refractivity contribution in [2.45, 2.75) is 32.7 Å². The van der Waals surface area contributed by atoms with Crippen LogP contribution >= 0.6 is 0 Å². The Balaban J connectivity index is 2.25. The summed E-state index contributed by atoms with van der Waals surface area (Å²) in [7, 11) is 0. The number of allylic oxidation sites excluding steroid dienone is 1. The molecule has 2 heterocycles. The van der Waals surface area contributed by atoms with E-state index in [1.807, 2.05) is 6.92 Å². The number of anilines is 1. The summed E-state index contributed by atoms with van der Waals surface area (Å²) in [6.45, 7) is 3.90. The van der Waals surface area contributed by atoms with Gasteiger partial charge >= 0.3 is 5.97 Å². The molecule has 1 N–H and O–H groups in total. The first-order valence-electron chi connectivity index (χ1n) is 8.38. The normalized spacial score (nSPS) is 16.0. The molecule has 0 saturated carbocycles. The highest BCUT2D eigenvalue weighted by Gasteiger charge is 2.38. The lowest BCUT2D eigenvalue weighted by atomic mass is 9.93. The Morgan fingerprint density at radius 2 is 2.15 bits per heavy atom. The molecule has 0 fully saturated rings. The number of hydrogen-bond donors (Lipinski definition) is 1. The predicted molar refractivity (Wildman–Crippen MR) is 93.4 cm³/mol. The van der Waals surface area contributed by atoms with E-state index in [1.165, 1.54) is 17.1 Å². The van der Waals surface area contributed by atoms with Gasteiger partial charge in [-0.2, -0.15) is 10.1 Å². The first-order valence-corrected chi connectivity index (χ1v) is 8.38. The van der Waals surface area contributed by atoms with Crippen LogP contribution in [0.25, 0.3) is 0 Å². The molecule has 0 saturated heterocycles. The van der Waals surface area contributed by atoms with Gasteiger partial charge in [-0.25, -0.2) is 9.48 Å². The van der Waals surface area contributed by atoms with Crippen LogP contribution in [0.3, 0.4) is 0 Å². The minimum Gasteiger partial charge on any atom is -0.463 e. The molecule has 0 amide bonds. The summed E-state index contributed by atoms with van der Waals surface area (Å²) in [5.41, 5.74) is 1.25. The monoisotopic (exact) mass is 357 g/mol. The molecule has 3 rings (SSSR count). The van der Waals surface area contributed by atoms with Crippen molar-refractivity contribution in [1.82, 2.24) is 14.8 Å². The molecule has 0 unspecified atom stereocenters. The molecule has 26 heavy (non-hydrogen) atoms. The van der Waals surface area contributed by atoms with Gasteiger partial charge in [-0.1, -0.05) is 25.5 Å². The van der Waals surface area contributed by atoms with E-state index in [0.29, 0.717) is 29.2 Å². The van der Waals surface area contributed by atoms with Gasteiger partial charge in [0, 0.05) is 11.8 Å². The Labute approximate surface area is 149 Å². The lowest BCUT2D eigenvalue weighted by Gasteiger charge is -2.29. The van der Waals surface area contributed by atoms with Crippen molar-refractivity contribution >= 4 is 17.6 Å². The topological polar surface area (TPSA) is 112 Å². The van der Waals surface area contributed by atoms with Gasteiger partial charge in [0.25, 0.3) is 5.69 Å². The van der Waals surface area contributed by atoms with E-state index < -0.39 is 16.9 Å². The van der Waals surface area contributed by atoms with Crippen molar-refractivity contribution in [2.75, 3.05) is 11.9 Å². The van der Waals surface area contributed by atoms with Crippen molar-refractivity contribution in [1.29, 1.82) is 0 Å². The first-order chi connectivity index (χ1) is 12.6. The molecule has 136 valence electrons. The van der Waals surface area contributed by atoms with Gasteiger partial charge < -0.3 is 10.1 Å². The Hall–Kier alpha value is -3.23. The van der Waals surface area contributed by atoms with Crippen molar-refractivity contribution in [3.63, 3.8) is 0 Å². The highest BCUT2D eigenvalue weighted by atomic mass is 16.6. The van der Waals surface area contributed by atoms with E-state index >= 15 is 0 Å². The molecule has 2 aromatic rings. The molecule has 1 aliphatic rings. The van der Waals surface area contributed by atoms with Crippen LogP contribution in [0.4, 0.5) is 11.6 Å². The van der Waals surface area contributed by atoms with Crippen LogP contribution < -0.4 is 5.32 Å². The molecule has 1 aromatic carbocycles. The highest BCUT2D eigenvalue weighted by molar-refractivity contribution is 5.92. The van der Waals surface area contributed by atoms with Gasteiger partial charge in [-0.05, 0) is 19.4 Å². The predicted octanol–water partition coefficient (Wildman–Crippen LogP) is 2.82. The summed E-state index contributed by atoms with van der Waals surface area (Å²) in [5.74, 6) is -0.0857. The summed E-state index contributed by atoms with van der Waals surface area (Å²) < 4.78 is 6.71. The van der Waals surface area contributed by atoms with Crippen LogP contribution in [-0.2, 0) is 9.53 Å². The first kappa shape index (κ1) is 17.6. The molecule has 0 aliphatic carbocycles. The summed E-state index contributed by atoms with van der Waals surface area (Å²) in [5, 5.41) is 18.8. The standard InChI is InChI=1S/C17H19N5O4/c1-3-7-12-14(16(23)26-4-2)15(21-17(20-12)18-10-19-21)11-8-5-6-9-13(11)22(24)25/h5-6,8-10,15H,3-4,7H2,1-2H3,(H,18,19,20)/t15-/m0/s1. The number of nitrogens with one attached hydrogen (secondary N) is 1. The van der Waals surface area contributed by atoms with Crippen molar-refractivity contribution in [2.24, 2.45) is 0 Å². The van der Waals surface area contributed by atoms with Crippen molar-refractivity contribution in [3.8, 4) is 0 Å². The van der Waals surface area contributed by atoms with Crippen LogP contribution in [0.5, 0.6) is 0 Å². The van der Waals surface area contributed by atoms with Gasteiger partial charge in [-0.15, -0.1) is 0 Å². The van der Waals surface area contributed by atoms with Gasteiger partial charge in [0.05, 0.1) is 22.7 Å². The minimum atomic E-state index is -0.782. The number of benzene rings is 1. The fraction of sp³-hybridized carbons (Fsp3) is 0.353. The second-order valence-electron chi connectivity index (χ2n) is 5.73. The number of hydrogen-bond acceptors (Lipinski definition) is 7. The number of para-hydroxylation sites is 1. The molecule has 0 spiro atoms. The van der Waals surface area contributed by atoms with Crippen LogP contribution in [0, 0.1) is 10.1 Å². The van der Waals surface area contributed by atoms with E-state index in [2.05, 4.69) is 15.4 Å². The number of ether oxygens (including phenoxy) is 1. The Morgan fingerprint density at radius 1 is 1.38 bits per heavy atom. The number of rotatable bonds is 6. The third-order valence-corrected chi connectivity index (χ3v) is 4.10. The number of esters is 1. The largest absolute Gasteiger partial charge is 0.463 e. The van der Waals surface area contributed by atoms with Crippen LogP contribution in [0.1, 0.15) is 38.3 Å². The maximum atomic E-state index is 12.7. The van der Waals surface area contributed by atoms with Crippen LogP contribution in [0.15, 0.2) is 41.9 Å². The Bertz CT molecular complexity index is 874. The maximum Gasteiger partial charge on any atom is 0.338 e. The highest BCUT2D eigenvalue weighted by Crippen LogP contribution is 2.39. The lowest BCUT2D eigenvalue weighted by Crippen LogP contribution is -2.30. The molecule has 1 atom stereocenters. The van der Waals surface area contributed by atoms with Gasteiger partial charge in [-0.3, -0.25) is 10.1 Å². The number of nitro groups is 1. The molecule has 1 aliphatic heterocycles. The van der Waals surface area contributed by atoms with Crippen molar-refractivity contribution < 1.29 is 14.5 Å². The Kier molecular flexibility index (Phi) is 4.97. The molecular formula is C17H19N5O4. The molecule has 9 heteroatoms. The number of carbonyl (C=O) groups is 1. The van der Waals surface area contributed by atoms with E-state index in [0.717, 1.165) is 6.42 Å². The van der Waals surface area contributed by atoms with E-state index in [1.54, 1.807) is 25.1 Å². The quantitative estimate of drug-likeness (QED) is 0.480. The number of nitrogens with zero attached hydrogens (tertiary/aromatic N) is 4. The fourth-order valence-corrected chi connectivity index (χ4v) is 3.08. The Morgan fingerprint density at radius 3 is 2.85 bits per heavy atom. The number of aromatic nitrogens is 3. The fourth-order valence-electron chi connectivity index (χ4n) is 3.08. The third kappa shape index (κ3) is 3.03. The summed E-state index contributed by atoms with van der Waals surface area (Å²) in [6.07, 6.45) is 2.71. The van der Waals surface area contributed by atoms with Crippen LogP contribution in [0.2, 0.25) is 0 Å². The third-order valence-electron chi connectivity index (χ3n) is 4.10.